The van der Waals surface area contributed by atoms with Gasteiger partial charge in [-0.25, -0.2) is 0 Å². The molecule has 134 valence electrons. The van der Waals surface area contributed by atoms with Crippen LogP contribution in [0.25, 0.3) is 0 Å². The van der Waals surface area contributed by atoms with E-state index >= 15 is 0 Å². The number of thioether (sulfide) groups is 1. The predicted octanol–water partition coefficient (Wildman–Crippen LogP) is 4.71. The molecule has 24 heavy (non-hydrogen) atoms. The number of rotatable bonds is 6. The number of nitrogens with zero attached hydrogens (tertiary/aromatic N) is 2. The number of carbonyl (C=O) groups excluding carboxylic acids is 1. The lowest BCUT2D eigenvalue weighted by Crippen LogP contribution is -2.49. The van der Waals surface area contributed by atoms with Crippen LogP contribution in [0, 0.1) is 6.92 Å². The fourth-order valence-corrected chi connectivity index (χ4v) is 5.00. The van der Waals surface area contributed by atoms with Crippen LogP contribution in [0.3, 0.4) is 0 Å². The van der Waals surface area contributed by atoms with Gasteiger partial charge >= 0.3 is 0 Å². The van der Waals surface area contributed by atoms with Crippen molar-refractivity contribution in [1.29, 1.82) is 0 Å². The molecule has 3 rings (SSSR count). The summed E-state index contributed by atoms with van der Waals surface area (Å²) in [6, 6.07) is 2.94. The second-order valence-electron chi connectivity index (χ2n) is 7.31. The molecule has 2 saturated carbocycles. The molecule has 0 bridgehead atoms. The Kier molecular flexibility index (Phi) is 6.64. The molecule has 1 heterocycles. The maximum Gasteiger partial charge on any atom is 0.233 e. The van der Waals surface area contributed by atoms with E-state index in [0.29, 0.717) is 23.7 Å². The summed E-state index contributed by atoms with van der Waals surface area (Å²) in [5.74, 6) is 2.51. The maximum atomic E-state index is 13.0. The van der Waals surface area contributed by atoms with Gasteiger partial charge in [-0.05, 0) is 32.6 Å². The first-order valence-corrected chi connectivity index (χ1v) is 10.7. The molecule has 1 amide bonds. The summed E-state index contributed by atoms with van der Waals surface area (Å²) in [6.07, 6.45) is 12.6. The number of hydrogen-bond donors (Lipinski definition) is 0. The first-order chi connectivity index (χ1) is 11.7. The largest absolute Gasteiger partial charge is 0.361 e. The third kappa shape index (κ3) is 4.78. The van der Waals surface area contributed by atoms with Gasteiger partial charge in [-0.2, -0.15) is 0 Å². The van der Waals surface area contributed by atoms with Crippen LogP contribution in [-0.2, 0) is 10.5 Å². The molecule has 1 aromatic rings. The van der Waals surface area contributed by atoms with E-state index in [1.807, 2.05) is 13.0 Å². The van der Waals surface area contributed by atoms with Crippen molar-refractivity contribution in [1.82, 2.24) is 10.1 Å². The smallest absolute Gasteiger partial charge is 0.233 e. The van der Waals surface area contributed by atoms with Gasteiger partial charge in [0.25, 0.3) is 0 Å². The number of aromatic nitrogens is 1. The fraction of sp³-hybridized carbons (Fsp3) is 0.789. The van der Waals surface area contributed by atoms with Crippen molar-refractivity contribution in [3.63, 3.8) is 0 Å². The van der Waals surface area contributed by atoms with Gasteiger partial charge in [0.05, 0.1) is 11.4 Å². The normalized spacial score (nSPS) is 20.2. The van der Waals surface area contributed by atoms with Crippen molar-refractivity contribution in [2.75, 3.05) is 5.75 Å². The van der Waals surface area contributed by atoms with E-state index in [-0.39, 0.29) is 0 Å². The maximum absolute atomic E-state index is 13.0. The zero-order valence-electron chi connectivity index (χ0n) is 14.8. The summed E-state index contributed by atoms with van der Waals surface area (Å²) in [5.41, 5.74) is 0.937. The van der Waals surface area contributed by atoms with Crippen LogP contribution in [0.1, 0.15) is 75.7 Å². The van der Waals surface area contributed by atoms with E-state index in [4.69, 9.17) is 4.52 Å². The highest BCUT2D eigenvalue weighted by molar-refractivity contribution is 7.99. The molecule has 4 nitrogen and oxygen atoms in total. The minimum atomic E-state index is 0.346. The van der Waals surface area contributed by atoms with E-state index in [9.17, 15) is 4.79 Å². The fourth-order valence-electron chi connectivity index (χ4n) is 4.23. The van der Waals surface area contributed by atoms with E-state index in [2.05, 4.69) is 10.1 Å². The molecule has 1 aromatic heterocycles. The average Bonchev–Trinajstić information content (AvgIpc) is 3.02. The molecule has 2 fully saturated rings. The quantitative estimate of drug-likeness (QED) is 0.745. The van der Waals surface area contributed by atoms with Crippen LogP contribution in [0.4, 0.5) is 0 Å². The molecule has 0 atom stereocenters. The van der Waals surface area contributed by atoms with E-state index < -0.39 is 0 Å². The Balaban J connectivity index is 1.57. The van der Waals surface area contributed by atoms with E-state index in [0.717, 1.165) is 17.2 Å². The second kappa shape index (κ2) is 8.93. The third-order valence-electron chi connectivity index (χ3n) is 5.38. The molecule has 0 aliphatic heterocycles. The van der Waals surface area contributed by atoms with Gasteiger partial charge in [0.1, 0.15) is 5.76 Å². The van der Waals surface area contributed by atoms with Crippen LogP contribution < -0.4 is 0 Å². The lowest BCUT2D eigenvalue weighted by Gasteiger charge is -2.41. The zero-order valence-corrected chi connectivity index (χ0v) is 15.7. The van der Waals surface area contributed by atoms with Gasteiger partial charge in [0, 0.05) is 23.9 Å². The molecule has 0 aromatic carbocycles. The first-order valence-electron chi connectivity index (χ1n) is 9.55. The number of carbonyl (C=O) groups is 1. The summed E-state index contributed by atoms with van der Waals surface area (Å²) in [4.78, 5) is 15.3. The monoisotopic (exact) mass is 350 g/mol. The van der Waals surface area contributed by atoms with Gasteiger partial charge < -0.3 is 9.42 Å². The number of aryl methyl sites for hydroxylation is 1. The van der Waals surface area contributed by atoms with Crippen molar-refractivity contribution < 1.29 is 9.32 Å². The highest BCUT2D eigenvalue weighted by atomic mass is 32.2. The first kappa shape index (κ1) is 17.8. The van der Waals surface area contributed by atoms with Crippen molar-refractivity contribution in [2.45, 2.75) is 89.0 Å². The van der Waals surface area contributed by atoms with Crippen LogP contribution in [0.5, 0.6) is 0 Å². The lowest BCUT2D eigenvalue weighted by molar-refractivity contribution is -0.135. The van der Waals surface area contributed by atoms with Crippen molar-refractivity contribution in [3.8, 4) is 0 Å². The minimum absolute atomic E-state index is 0.346. The molecule has 2 aliphatic rings. The predicted molar refractivity (Wildman–Crippen MR) is 98.0 cm³/mol. The van der Waals surface area contributed by atoms with Gasteiger partial charge in [-0.3, -0.25) is 4.79 Å². The molecule has 0 unspecified atom stereocenters. The highest BCUT2D eigenvalue weighted by Gasteiger charge is 2.32. The molecular weight excluding hydrogens is 320 g/mol. The molecule has 0 saturated heterocycles. The molecular formula is C19H30N2O2S. The molecule has 0 spiro atoms. The Labute approximate surface area is 149 Å². The van der Waals surface area contributed by atoms with Gasteiger partial charge in [-0.15, -0.1) is 11.8 Å². The van der Waals surface area contributed by atoms with Crippen molar-refractivity contribution in [3.05, 3.63) is 17.5 Å². The van der Waals surface area contributed by atoms with Gasteiger partial charge in [0.15, 0.2) is 0 Å². The topological polar surface area (TPSA) is 46.3 Å². The SMILES string of the molecule is Cc1cc(CSCC(=O)N(C2CCCCC2)C2CCCCC2)no1. The summed E-state index contributed by atoms with van der Waals surface area (Å²) in [7, 11) is 0. The Morgan fingerprint density at radius 1 is 1.12 bits per heavy atom. The molecule has 0 radical (unpaired) electrons. The Morgan fingerprint density at radius 3 is 2.21 bits per heavy atom. The summed E-state index contributed by atoms with van der Waals surface area (Å²) in [5, 5.41) is 4.02. The Morgan fingerprint density at radius 2 is 1.71 bits per heavy atom. The zero-order chi connectivity index (χ0) is 16.8. The highest BCUT2D eigenvalue weighted by Crippen LogP contribution is 2.31. The number of hydrogen-bond acceptors (Lipinski definition) is 4. The third-order valence-corrected chi connectivity index (χ3v) is 6.33. The van der Waals surface area contributed by atoms with Crippen molar-refractivity contribution >= 4 is 17.7 Å². The number of amides is 1. The van der Waals surface area contributed by atoms with E-state index in [1.165, 1.54) is 64.2 Å². The second-order valence-corrected chi connectivity index (χ2v) is 8.29. The van der Waals surface area contributed by atoms with Crippen LogP contribution in [-0.4, -0.2) is 33.8 Å². The van der Waals surface area contributed by atoms with E-state index in [1.54, 1.807) is 11.8 Å². The van der Waals surface area contributed by atoms with Crippen molar-refractivity contribution in [2.24, 2.45) is 0 Å². The molecule has 2 aliphatic carbocycles. The van der Waals surface area contributed by atoms with Crippen LogP contribution in [0.2, 0.25) is 0 Å². The standard InChI is InChI=1S/C19H30N2O2S/c1-15-12-16(20-23-15)13-24-14-19(22)21(17-8-4-2-5-9-17)18-10-6-3-7-11-18/h12,17-18H,2-11,13-14H2,1H3. The Bertz CT molecular complexity index is 501. The van der Waals surface area contributed by atoms with Gasteiger partial charge in [0.2, 0.25) is 5.91 Å². The Hall–Kier alpha value is -0.970. The summed E-state index contributed by atoms with van der Waals surface area (Å²) >= 11 is 1.67. The van der Waals surface area contributed by atoms with Crippen LogP contribution >= 0.6 is 11.8 Å². The van der Waals surface area contributed by atoms with Crippen LogP contribution in [0.15, 0.2) is 10.6 Å². The van der Waals surface area contributed by atoms with Gasteiger partial charge in [-0.1, -0.05) is 43.7 Å². The molecule has 5 heteroatoms. The summed E-state index contributed by atoms with van der Waals surface area (Å²) in [6.45, 7) is 1.90. The summed E-state index contributed by atoms with van der Waals surface area (Å²) < 4.78 is 5.10. The molecule has 0 N–H and O–H groups in total. The lowest BCUT2D eigenvalue weighted by atomic mass is 9.88. The minimum Gasteiger partial charge on any atom is -0.361 e. The average molecular weight is 351 g/mol.